The molecule has 1 atom stereocenters. The number of nitrogens with one attached hydrogen (secondary N) is 2. The van der Waals surface area contributed by atoms with Crippen molar-refractivity contribution in [2.75, 3.05) is 5.32 Å². The van der Waals surface area contributed by atoms with Crippen molar-refractivity contribution in [3.63, 3.8) is 0 Å². The van der Waals surface area contributed by atoms with E-state index >= 15 is 0 Å². The second-order valence-corrected chi connectivity index (χ2v) is 6.84. The zero-order valence-electron chi connectivity index (χ0n) is 14.8. The van der Waals surface area contributed by atoms with Crippen LogP contribution in [0, 0.1) is 18.6 Å². The standard InChI is InChI=1S/C20H15F2N5O/c1-10-18-14(11-6-12(21)8-13(22)7-11)9-17(28)25-19(18)27(26-10)20-23-15-4-2-3-5-16(15)24-20/h2-8,14H,9H2,1H3,(H,23,24)(H,25,28)/t14-/m0/s1. The summed E-state index contributed by atoms with van der Waals surface area (Å²) in [5.74, 6) is -1.18. The molecule has 4 aromatic rings. The largest absolute Gasteiger partial charge is 0.322 e. The Morgan fingerprint density at radius 1 is 1.14 bits per heavy atom. The number of aromatic amines is 1. The summed E-state index contributed by atoms with van der Waals surface area (Å²) >= 11 is 0. The Kier molecular flexibility index (Phi) is 3.55. The summed E-state index contributed by atoms with van der Waals surface area (Å²) in [7, 11) is 0. The van der Waals surface area contributed by atoms with Gasteiger partial charge in [0.25, 0.3) is 0 Å². The number of anilines is 1. The van der Waals surface area contributed by atoms with Crippen LogP contribution in [0.15, 0.2) is 42.5 Å². The lowest BCUT2D eigenvalue weighted by Crippen LogP contribution is -2.25. The molecule has 5 rings (SSSR count). The zero-order chi connectivity index (χ0) is 19.4. The van der Waals surface area contributed by atoms with Crippen molar-refractivity contribution in [2.45, 2.75) is 19.3 Å². The molecular weight excluding hydrogens is 364 g/mol. The molecule has 6 nitrogen and oxygen atoms in total. The summed E-state index contributed by atoms with van der Waals surface area (Å²) in [6, 6.07) is 10.9. The molecule has 2 N–H and O–H groups in total. The van der Waals surface area contributed by atoms with Gasteiger partial charge in [-0.25, -0.2) is 13.8 Å². The van der Waals surface area contributed by atoms with E-state index in [1.54, 1.807) is 6.92 Å². The fraction of sp³-hybridized carbons (Fsp3) is 0.150. The number of para-hydroxylation sites is 2. The Hall–Kier alpha value is -3.55. The molecule has 1 amide bonds. The highest BCUT2D eigenvalue weighted by Crippen LogP contribution is 2.40. The van der Waals surface area contributed by atoms with Crippen molar-refractivity contribution >= 4 is 22.8 Å². The number of imidazole rings is 1. The van der Waals surface area contributed by atoms with Gasteiger partial charge in [0.15, 0.2) is 0 Å². The first-order valence-corrected chi connectivity index (χ1v) is 8.80. The van der Waals surface area contributed by atoms with E-state index in [4.69, 9.17) is 0 Å². The van der Waals surface area contributed by atoms with Crippen molar-refractivity contribution in [3.05, 3.63) is 70.9 Å². The summed E-state index contributed by atoms with van der Waals surface area (Å²) in [6.45, 7) is 1.80. The number of benzene rings is 2. The number of rotatable bonds is 2. The minimum atomic E-state index is -0.676. The summed E-state index contributed by atoms with van der Waals surface area (Å²) in [5, 5.41) is 7.37. The molecule has 1 aliphatic rings. The first-order valence-electron chi connectivity index (χ1n) is 8.80. The number of fused-ring (bicyclic) bond motifs is 2. The highest BCUT2D eigenvalue weighted by atomic mass is 19.1. The SMILES string of the molecule is Cc1nn(-c2nc3ccccc3[nH]2)c2c1[C@H](c1cc(F)cc(F)c1)CC(=O)N2. The van der Waals surface area contributed by atoms with Gasteiger partial charge in [0.05, 0.1) is 16.7 Å². The third kappa shape index (κ3) is 2.57. The zero-order valence-corrected chi connectivity index (χ0v) is 14.8. The van der Waals surface area contributed by atoms with Gasteiger partial charge in [-0.15, -0.1) is 0 Å². The number of hydrogen-bond donors (Lipinski definition) is 2. The van der Waals surface area contributed by atoms with Crippen LogP contribution in [0.3, 0.4) is 0 Å². The van der Waals surface area contributed by atoms with Gasteiger partial charge in [-0.3, -0.25) is 4.79 Å². The maximum atomic E-state index is 13.8. The van der Waals surface area contributed by atoms with Crippen molar-refractivity contribution in [2.24, 2.45) is 0 Å². The average molecular weight is 379 g/mol. The third-order valence-corrected chi connectivity index (χ3v) is 4.97. The molecule has 0 saturated carbocycles. The molecule has 28 heavy (non-hydrogen) atoms. The normalized spacial score (nSPS) is 16.2. The predicted octanol–water partition coefficient (Wildman–Crippen LogP) is 3.81. The Morgan fingerprint density at radius 3 is 2.64 bits per heavy atom. The van der Waals surface area contributed by atoms with Crippen LogP contribution in [0.25, 0.3) is 17.0 Å². The van der Waals surface area contributed by atoms with Gasteiger partial charge in [0.2, 0.25) is 11.9 Å². The quantitative estimate of drug-likeness (QED) is 0.556. The topological polar surface area (TPSA) is 75.6 Å². The van der Waals surface area contributed by atoms with Gasteiger partial charge in [-0.2, -0.15) is 9.78 Å². The maximum absolute atomic E-state index is 13.8. The fourth-order valence-corrected chi connectivity index (χ4v) is 3.80. The Labute approximate surface area is 158 Å². The van der Waals surface area contributed by atoms with E-state index in [1.807, 2.05) is 24.3 Å². The Morgan fingerprint density at radius 2 is 1.89 bits per heavy atom. The van der Waals surface area contributed by atoms with Gasteiger partial charge >= 0.3 is 0 Å². The highest BCUT2D eigenvalue weighted by Gasteiger charge is 2.33. The molecule has 2 aromatic heterocycles. The van der Waals surface area contributed by atoms with Crippen LogP contribution in [-0.4, -0.2) is 25.7 Å². The second kappa shape index (κ2) is 5.98. The maximum Gasteiger partial charge on any atom is 0.231 e. The first kappa shape index (κ1) is 16.6. The van der Waals surface area contributed by atoms with Crippen LogP contribution in [0.2, 0.25) is 0 Å². The van der Waals surface area contributed by atoms with Gasteiger partial charge in [-0.05, 0) is 36.8 Å². The monoisotopic (exact) mass is 379 g/mol. The molecule has 8 heteroatoms. The van der Waals surface area contributed by atoms with Crippen molar-refractivity contribution < 1.29 is 13.6 Å². The van der Waals surface area contributed by atoms with Crippen molar-refractivity contribution in [1.29, 1.82) is 0 Å². The number of H-pyrrole nitrogens is 1. The molecule has 0 bridgehead atoms. The van der Waals surface area contributed by atoms with E-state index in [1.165, 1.54) is 16.8 Å². The minimum Gasteiger partial charge on any atom is -0.322 e. The Balaban J connectivity index is 1.69. The van der Waals surface area contributed by atoms with Crippen LogP contribution < -0.4 is 5.32 Å². The number of aryl methyl sites for hydroxylation is 1. The molecule has 0 spiro atoms. The van der Waals surface area contributed by atoms with Crippen LogP contribution in [0.1, 0.15) is 29.2 Å². The number of hydrogen-bond acceptors (Lipinski definition) is 3. The minimum absolute atomic E-state index is 0.0859. The van der Waals surface area contributed by atoms with E-state index in [0.717, 1.165) is 22.7 Å². The molecule has 0 saturated heterocycles. The van der Waals surface area contributed by atoms with Crippen LogP contribution in [-0.2, 0) is 4.79 Å². The number of amides is 1. The lowest BCUT2D eigenvalue weighted by Gasteiger charge is -2.24. The van der Waals surface area contributed by atoms with E-state index in [-0.39, 0.29) is 12.3 Å². The van der Waals surface area contributed by atoms with Gasteiger partial charge in [-0.1, -0.05) is 12.1 Å². The van der Waals surface area contributed by atoms with Crippen molar-refractivity contribution in [3.8, 4) is 5.95 Å². The van der Waals surface area contributed by atoms with Crippen LogP contribution in [0.5, 0.6) is 0 Å². The molecule has 1 aliphatic heterocycles. The highest BCUT2D eigenvalue weighted by molar-refractivity contribution is 5.95. The molecule has 0 aliphatic carbocycles. The third-order valence-electron chi connectivity index (χ3n) is 4.97. The Bertz CT molecular complexity index is 1190. The summed E-state index contributed by atoms with van der Waals surface area (Å²) in [5.41, 5.74) is 3.40. The lowest BCUT2D eigenvalue weighted by atomic mass is 9.85. The number of carbonyl (C=O) groups excluding carboxylic acids is 1. The lowest BCUT2D eigenvalue weighted by molar-refractivity contribution is -0.116. The predicted molar refractivity (Wildman–Crippen MR) is 99.4 cm³/mol. The summed E-state index contributed by atoms with van der Waals surface area (Å²) in [4.78, 5) is 20.1. The molecule has 0 fully saturated rings. The van der Waals surface area contributed by atoms with E-state index in [9.17, 15) is 13.6 Å². The smallest absolute Gasteiger partial charge is 0.231 e. The fourth-order valence-electron chi connectivity index (χ4n) is 3.80. The molecule has 3 heterocycles. The second-order valence-electron chi connectivity index (χ2n) is 6.84. The summed E-state index contributed by atoms with van der Waals surface area (Å²) < 4.78 is 29.1. The van der Waals surface area contributed by atoms with Gasteiger partial charge in [0.1, 0.15) is 17.5 Å². The first-order chi connectivity index (χ1) is 13.5. The molecular formula is C20H15F2N5O. The van der Waals surface area contributed by atoms with E-state index in [0.29, 0.717) is 23.0 Å². The molecule has 0 radical (unpaired) electrons. The summed E-state index contributed by atoms with van der Waals surface area (Å²) in [6.07, 6.45) is 0.0859. The number of aromatic nitrogens is 4. The van der Waals surface area contributed by atoms with E-state index < -0.39 is 17.6 Å². The number of halogens is 2. The van der Waals surface area contributed by atoms with Gasteiger partial charge in [0, 0.05) is 24.0 Å². The number of nitrogens with zero attached hydrogens (tertiary/aromatic N) is 3. The molecule has 0 unspecified atom stereocenters. The average Bonchev–Trinajstić information content (AvgIpc) is 3.21. The van der Waals surface area contributed by atoms with Crippen LogP contribution >= 0.6 is 0 Å². The van der Waals surface area contributed by atoms with E-state index in [2.05, 4.69) is 20.4 Å². The van der Waals surface area contributed by atoms with Gasteiger partial charge < -0.3 is 10.3 Å². The van der Waals surface area contributed by atoms with Crippen molar-refractivity contribution in [1.82, 2.24) is 19.7 Å². The molecule has 2 aromatic carbocycles. The number of carbonyl (C=O) groups is 1. The van der Waals surface area contributed by atoms with Crippen LogP contribution in [0.4, 0.5) is 14.6 Å². The molecule has 140 valence electrons.